The van der Waals surface area contributed by atoms with E-state index in [2.05, 4.69) is 20.6 Å². The number of nitrogens with one attached hydrogen (secondary N) is 2. The number of ketones is 1. The normalized spacial score (nSPS) is 21.3. The molecule has 5 nitrogen and oxygen atoms in total. The molecule has 0 saturated carbocycles. The largest absolute Gasteiger partial charge is 0.329 e. The molecule has 3 aromatic rings. The summed E-state index contributed by atoms with van der Waals surface area (Å²) in [6.45, 7) is 2.01. The van der Waals surface area contributed by atoms with Crippen molar-refractivity contribution in [2.45, 2.75) is 25.8 Å². The number of aliphatic imine (C=N–C) groups is 1. The van der Waals surface area contributed by atoms with Crippen molar-refractivity contribution in [3.8, 4) is 0 Å². The summed E-state index contributed by atoms with van der Waals surface area (Å²) >= 11 is 1.48. The molecule has 2 aliphatic rings. The first kappa shape index (κ1) is 18.9. The van der Waals surface area contributed by atoms with Gasteiger partial charge in [-0.3, -0.25) is 4.79 Å². The molecule has 152 valence electrons. The Bertz CT molecular complexity index is 1180. The van der Waals surface area contributed by atoms with Crippen LogP contribution >= 0.6 is 11.3 Å². The van der Waals surface area contributed by atoms with Crippen LogP contribution in [0.1, 0.15) is 31.4 Å². The summed E-state index contributed by atoms with van der Waals surface area (Å²) in [6, 6.07) is 10.3. The molecule has 2 N–H and O–H groups in total. The van der Waals surface area contributed by atoms with E-state index in [9.17, 15) is 13.6 Å². The SMILES string of the molecule is C[C@@H]1CC(=O)C2=C(C1)NC(Nc1nc3ccccc3s1)=N[C@H]2c1cc(F)cc(F)c1. The number of hydrogen-bond acceptors (Lipinski definition) is 6. The molecule has 8 heteroatoms. The number of carbonyl (C=O) groups excluding carboxylic acids is 1. The second-order valence-electron chi connectivity index (χ2n) is 7.65. The van der Waals surface area contributed by atoms with Gasteiger partial charge in [-0.1, -0.05) is 30.4 Å². The molecule has 30 heavy (non-hydrogen) atoms. The van der Waals surface area contributed by atoms with Crippen molar-refractivity contribution in [3.63, 3.8) is 0 Å². The monoisotopic (exact) mass is 424 g/mol. The van der Waals surface area contributed by atoms with Gasteiger partial charge >= 0.3 is 0 Å². The van der Waals surface area contributed by atoms with Crippen LogP contribution in [-0.2, 0) is 4.79 Å². The third-order valence-corrected chi connectivity index (χ3v) is 6.18. The number of Topliss-reactive ketones (excluding diaryl/α,β-unsaturated/α-hetero) is 1. The molecular weight excluding hydrogens is 406 g/mol. The maximum Gasteiger partial charge on any atom is 0.202 e. The number of para-hydroxylation sites is 1. The summed E-state index contributed by atoms with van der Waals surface area (Å²) in [6.07, 6.45) is 1.06. The summed E-state index contributed by atoms with van der Waals surface area (Å²) in [4.78, 5) is 21.9. The van der Waals surface area contributed by atoms with Crippen LogP contribution in [0.5, 0.6) is 0 Å². The fourth-order valence-corrected chi connectivity index (χ4v) is 4.86. The Kier molecular flexibility index (Phi) is 4.58. The van der Waals surface area contributed by atoms with Gasteiger partial charge in [-0.25, -0.2) is 18.8 Å². The zero-order valence-electron chi connectivity index (χ0n) is 16.1. The van der Waals surface area contributed by atoms with Crippen molar-refractivity contribution in [1.29, 1.82) is 0 Å². The predicted molar refractivity (Wildman–Crippen MR) is 113 cm³/mol. The Morgan fingerprint density at radius 2 is 1.90 bits per heavy atom. The molecule has 0 unspecified atom stereocenters. The number of guanidine groups is 1. The fourth-order valence-electron chi connectivity index (χ4n) is 3.99. The molecular formula is C22H18F2N4OS. The van der Waals surface area contributed by atoms with Crippen LogP contribution < -0.4 is 10.6 Å². The zero-order chi connectivity index (χ0) is 20.8. The molecule has 0 saturated heterocycles. The third kappa shape index (κ3) is 3.47. The van der Waals surface area contributed by atoms with E-state index in [0.29, 0.717) is 35.1 Å². The summed E-state index contributed by atoms with van der Waals surface area (Å²) in [7, 11) is 0. The van der Waals surface area contributed by atoms with Crippen LogP contribution in [0.15, 0.2) is 58.7 Å². The summed E-state index contributed by atoms with van der Waals surface area (Å²) in [5, 5.41) is 7.03. The van der Waals surface area contributed by atoms with Gasteiger partial charge in [-0.2, -0.15) is 0 Å². The van der Waals surface area contributed by atoms with Gasteiger partial charge in [0.2, 0.25) is 5.96 Å². The van der Waals surface area contributed by atoms with E-state index >= 15 is 0 Å². The summed E-state index contributed by atoms with van der Waals surface area (Å²) < 4.78 is 28.8. The van der Waals surface area contributed by atoms with Crippen LogP contribution in [-0.4, -0.2) is 16.7 Å². The summed E-state index contributed by atoms with van der Waals surface area (Å²) in [5.74, 6) is -0.857. The molecule has 1 aliphatic heterocycles. The molecule has 2 aromatic carbocycles. The average molecular weight is 424 g/mol. The van der Waals surface area contributed by atoms with E-state index in [1.807, 2.05) is 31.2 Å². The molecule has 0 amide bonds. The molecule has 2 atom stereocenters. The first-order valence-corrected chi connectivity index (χ1v) is 10.5. The predicted octanol–water partition coefficient (Wildman–Crippen LogP) is 4.94. The van der Waals surface area contributed by atoms with Crippen molar-refractivity contribution in [1.82, 2.24) is 10.3 Å². The molecule has 0 radical (unpaired) electrons. The van der Waals surface area contributed by atoms with Gasteiger partial charge in [0, 0.05) is 23.8 Å². The van der Waals surface area contributed by atoms with Gasteiger partial charge in [0.25, 0.3) is 0 Å². The molecule has 1 aliphatic carbocycles. The van der Waals surface area contributed by atoms with E-state index in [1.54, 1.807) is 0 Å². The molecule has 0 spiro atoms. The highest BCUT2D eigenvalue weighted by Gasteiger charge is 2.35. The summed E-state index contributed by atoms with van der Waals surface area (Å²) in [5.41, 5.74) is 2.40. The van der Waals surface area contributed by atoms with E-state index in [0.717, 1.165) is 22.0 Å². The van der Waals surface area contributed by atoms with Crippen LogP contribution in [0.25, 0.3) is 10.2 Å². The van der Waals surface area contributed by atoms with Gasteiger partial charge in [0.05, 0.1) is 10.2 Å². The fraction of sp³-hybridized carbons (Fsp3) is 0.227. The van der Waals surface area contributed by atoms with Gasteiger partial charge in [-0.15, -0.1) is 0 Å². The Labute approximate surface area is 175 Å². The number of carbonyl (C=O) groups is 1. The first-order valence-electron chi connectivity index (χ1n) is 9.66. The second-order valence-corrected chi connectivity index (χ2v) is 8.68. The van der Waals surface area contributed by atoms with E-state index in [1.165, 1.54) is 23.5 Å². The van der Waals surface area contributed by atoms with Crippen LogP contribution in [0.3, 0.4) is 0 Å². The van der Waals surface area contributed by atoms with Gasteiger partial charge < -0.3 is 10.6 Å². The topological polar surface area (TPSA) is 66.4 Å². The highest BCUT2D eigenvalue weighted by Crippen LogP contribution is 2.38. The van der Waals surface area contributed by atoms with Crippen molar-refractivity contribution >= 4 is 38.4 Å². The van der Waals surface area contributed by atoms with Crippen molar-refractivity contribution in [2.24, 2.45) is 10.9 Å². The number of anilines is 1. The van der Waals surface area contributed by atoms with Crippen LogP contribution in [0.2, 0.25) is 0 Å². The highest BCUT2D eigenvalue weighted by molar-refractivity contribution is 7.22. The standard InChI is InChI=1S/C22H18F2N4OS/c1-11-6-16-19(17(29)7-11)20(12-8-13(23)10-14(24)9-12)27-21(25-16)28-22-26-15-4-2-3-5-18(15)30-22/h2-5,8-11,20H,6-7H2,1H3,(H2,25,26,27,28)/t11-,20-/m0/s1. The Morgan fingerprint density at radius 3 is 2.67 bits per heavy atom. The lowest BCUT2D eigenvalue weighted by Crippen LogP contribution is -2.39. The number of hydrogen-bond donors (Lipinski definition) is 2. The van der Waals surface area contributed by atoms with Gasteiger partial charge in [0.1, 0.15) is 17.7 Å². The molecule has 1 aromatic heterocycles. The lowest BCUT2D eigenvalue weighted by Gasteiger charge is -2.32. The first-order chi connectivity index (χ1) is 14.5. The smallest absolute Gasteiger partial charge is 0.202 e. The maximum atomic E-state index is 13.9. The minimum absolute atomic E-state index is 0.0475. The number of allylic oxidation sites excluding steroid dienone is 1. The number of thiazole rings is 1. The number of aromatic nitrogens is 1. The third-order valence-electron chi connectivity index (χ3n) is 5.23. The van der Waals surface area contributed by atoms with Crippen molar-refractivity contribution in [2.75, 3.05) is 5.32 Å². The Morgan fingerprint density at radius 1 is 1.13 bits per heavy atom. The molecule has 2 heterocycles. The zero-order valence-corrected chi connectivity index (χ0v) is 16.9. The minimum atomic E-state index is -0.775. The van der Waals surface area contributed by atoms with Crippen LogP contribution in [0, 0.1) is 17.6 Å². The number of benzene rings is 2. The van der Waals surface area contributed by atoms with Crippen molar-refractivity contribution in [3.05, 3.63) is 70.9 Å². The molecule has 0 bridgehead atoms. The van der Waals surface area contributed by atoms with E-state index < -0.39 is 17.7 Å². The van der Waals surface area contributed by atoms with Crippen LogP contribution in [0.4, 0.5) is 13.9 Å². The molecule has 0 fully saturated rings. The second kappa shape index (κ2) is 7.28. The quantitative estimate of drug-likeness (QED) is 0.612. The number of rotatable bonds is 2. The molecule has 5 rings (SSSR count). The number of nitrogens with zero attached hydrogens (tertiary/aromatic N) is 2. The van der Waals surface area contributed by atoms with Gasteiger partial charge in [0.15, 0.2) is 10.9 Å². The Balaban J connectivity index is 1.55. The maximum absolute atomic E-state index is 13.9. The Hall–Kier alpha value is -3.13. The number of fused-ring (bicyclic) bond motifs is 1. The highest BCUT2D eigenvalue weighted by atomic mass is 32.1. The van der Waals surface area contributed by atoms with E-state index in [4.69, 9.17) is 0 Å². The van der Waals surface area contributed by atoms with E-state index in [-0.39, 0.29) is 11.7 Å². The lowest BCUT2D eigenvalue weighted by atomic mass is 9.81. The lowest BCUT2D eigenvalue weighted by molar-refractivity contribution is -0.117. The van der Waals surface area contributed by atoms with Crippen molar-refractivity contribution < 1.29 is 13.6 Å². The van der Waals surface area contributed by atoms with Gasteiger partial charge in [-0.05, 0) is 42.2 Å². The minimum Gasteiger partial charge on any atom is -0.329 e. The number of halogens is 2. The average Bonchev–Trinajstić information content (AvgIpc) is 3.08.